The van der Waals surface area contributed by atoms with E-state index in [1.807, 2.05) is 41.4 Å². The minimum Gasteiger partial charge on any atom is -0.344 e. The summed E-state index contributed by atoms with van der Waals surface area (Å²) < 4.78 is 12.5. The molecule has 1 unspecified atom stereocenters. The molecule has 27 heavy (non-hydrogen) atoms. The summed E-state index contributed by atoms with van der Waals surface area (Å²) in [7, 11) is 1.94. The van der Waals surface area contributed by atoms with Gasteiger partial charge in [0.25, 0.3) is 0 Å². The van der Waals surface area contributed by atoms with Gasteiger partial charge in [-0.15, -0.1) is 0 Å². The lowest BCUT2D eigenvalue weighted by Gasteiger charge is -2.30. The Kier molecular flexibility index (Phi) is 3.75. The molecule has 5 rings (SSSR count). The van der Waals surface area contributed by atoms with E-state index >= 15 is 0 Å². The predicted molar refractivity (Wildman–Crippen MR) is 107 cm³/mol. The van der Waals surface area contributed by atoms with Crippen molar-refractivity contribution in [3.63, 3.8) is 0 Å². The number of halogens is 2. The van der Waals surface area contributed by atoms with Crippen molar-refractivity contribution in [1.82, 2.24) is 28.1 Å². The van der Waals surface area contributed by atoms with Crippen LogP contribution in [-0.4, -0.2) is 28.1 Å². The van der Waals surface area contributed by atoms with Crippen molar-refractivity contribution < 1.29 is 0 Å². The summed E-state index contributed by atoms with van der Waals surface area (Å²) in [4.78, 5) is 4.72. The molecule has 0 bridgehead atoms. The maximum absolute atomic E-state index is 6.31. The predicted octanol–water partition coefficient (Wildman–Crippen LogP) is 4.37. The Balaban J connectivity index is 1.77. The Bertz CT molecular complexity index is 1220. The van der Waals surface area contributed by atoms with Crippen LogP contribution < -0.4 is 5.32 Å². The third-order valence-electron chi connectivity index (χ3n) is 4.71. The lowest BCUT2D eigenvalue weighted by Crippen LogP contribution is -2.25. The quantitative estimate of drug-likeness (QED) is 0.523. The maximum Gasteiger partial charge on any atom is 0.212 e. The van der Waals surface area contributed by atoms with Gasteiger partial charge in [-0.2, -0.15) is 13.8 Å². The average Bonchev–Trinajstić information content (AvgIpc) is 3.34. The van der Waals surface area contributed by atoms with E-state index in [2.05, 4.69) is 19.2 Å². The van der Waals surface area contributed by atoms with Gasteiger partial charge >= 0.3 is 0 Å². The van der Waals surface area contributed by atoms with Gasteiger partial charge in [0, 0.05) is 24.4 Å². The van der Waals surface area contributed by atoms with Crippen LogP contribution in [0.15, 0.2) is 36.2 Å². The van der Waals surface area contributed by atoms with Gasteiger partial charge < -0.3 is 9.88 Å². The standard InChI is InChI=1S/C17H13Cl2N7S/c1-8-13(16-22-15-17(25(16)2)24-27-23-15)14(26-12(21-8)5-6-20-26)9-3-4-10(18)11(19)7-9/h3-7,14,21H,1-2H3. The van der Waals surface area contributed by atoms with Crippen LogP contribution in [0, 0.1) is 0 Å². The van der Waals surface area contributed by atoms with Crippen LogP contribution in [0.2, 0.25) is 10.0 Å². The Labute approximate surface area is 168 Å². The van der Waals surface area contributed by atoms with Crippen LogP contribution in [0.3, 0.4) is 0 Å². The van der Waals surface area contributed by atoms with Crippen LogP contribution in [0.4, 0.5) is 5.82 Å². The first-order valence-electron chi connectivity index (χ1n) is 8.16. The Morgan fingerprint density at radius 1 is 1.15 bits per heavy atom. The molecule has 3 aromatic heterocycles. The molecule has 1 N–H and O–H groups in total. The second kappa shape index (κ2) is 6.05. The van der Waals surface area contributed by atoms with Crippen LogP contribution in [0.1, 0.15) is 24.4 Å². The monoisotopic (exact) mass is 417 g/mol. The number of nitrogens with zero attached hydrogens (tertiary/aromatic N) is 6. The molecule has 1 aliphatic rings. The van der Waals surface area contributed by atoms with E-state index in [1.54, 1.807) is 12.3 Å². The fraction of sp³-hybridized carbons (Fsp3) is 0.176. The molecular formula is C17H13Cl2N7S. The van der Waals surface area contributed by atoms with Gasteiger partial charge in [0.1, 0.15) is 17.7 Å². The minimum absolute atomic E-state index is 0.208. The SMILES string of the molecule is CC1=C(c2nc3nsnc3n2C)C(c2ccc(Cl)c(Cl)c2)n2nccc2N1. The molecule has 1 aromatic carbocycles. The van der Waals surface area contributed by atoms with E-state index in [9.17, 15) is 0 Å². The molecule has 4 aromatic rings. The first-order chi connectivity index (χ1) is 13.0. The van der Waals surface area contributed by atoms with Crippen molar-refractivity contribution >= 4 is 57.6 Å². The second-order valence-electron chi connectivity index (χ2n) is 6.31. The molecular weight excluding hydrogens is 405 g/mol. The molecule has 1 atom stereocenters. The molecule has 0 radical (unpaired) electrons. The summed E-state index contributed by atoms with van der Waals surface area (Å²) in [6, 6.07) is 7.37. The lowest BCUT2D eigenvalue weighted by molar-refractivity contribution is 0.613. The number of imidazole rings is 1. The fourth-order valence-electron chi connectivity index (χ4n) is 3.46. The summed E-state index contributed by atoms with van der Waals surface area (Å²) >= 11 is 13.6. The number of hydrogen-bond donors (Lipinski definition) is 1. The molecule has 136 valence electrons. The zero-order valence-electron chi connectivity index (χ0n) is 14.3. The molecule has 0 saturated heterocycles. The van der Waals surface area contributed by atoms with E-state index in [0.717, 1.165) is 45.9 Å². The molecule has 10 heteroatoms. The number of aryl methyl sites for hydroxylation is 1. The number of nitrogens with one attached hydrogen (secondary N) is 1. The topological polar surface area (TPSA) is 73.5 Å². The Morgan fingerprint density at radius 2 is 2.00 bits per heavy atom. The summed E-state index contributed by atoms with van der Waals surface area (Å²) in [6.07, 6.45) is 1.77. The zero-order chi connectivity index (χ0) is 18.7. The summed E-state index contributed by atoms with van der Waals surface area (Å²) in [5.41, 5.74) is 4.33. The number of allylic oxidation sites excluding steroid dienone is 2. The molecule has 4 heterocycles. The van der Waals surface area contributed by atoms with Crippen molar-refractivity contribution in [2.45, 2.75) is 13.0 Å². The smallest absolute Gasteiger partial charge is 0.212 e. The van der Waals surface area contributed by atoms with Crippen molar-refractivity contribution in [2.75, 3.05) is 5.32 Å². The van der Waals surface area contributed by atoms with Crippen molar-refractivity contribution in [3.05, 3.63) is 57.6 Å². The average molecular weight is 418 g/mol. The summed E-state index contributed by atoms with van der Waals surface area (Å²) in [6.45, 7) is 2.03. The van der Waals surface area contributed by atoms with Gasteiger partial charge in [0.05, 0.1) is 28.0 Å². The molecule has 0 aliphatic carbocycles. The number of hydrogen-bond acceptors (Lipinski definition) is 6. The third kappa shape index (κ3) is 2.48. The molecule has 1 aliphatic heterocycles. The second-order valence-corrected chi connectivity index (χ2v) is 7.65. The number of anilines is 1. The number of benzene rings is 1. The molecule has 0 fully saturated rings. The lowest BCUT2D eigenvalue weighted by atomic mass is 9.95. The highest BCUT2D eigenvalue weighted by atomic mass is 35.5. The third-order valence-corrected chi connectivity index (χ3v) is 5.96. The first-order valence-corrected chi connectivity index (χ1v) is 9.65. The van der Waals surface area contributed by atoms with Crippen molar-refractivity contribution in [2.24, 2.45) is 7.05 Å². The Hall–Kier alpha value is -2.42. The van der Waals surface area contributed by atoms with Crippen molar-refractivity contribution in [3.8, 4) is 0 Å². The highest BCUT2D eigenvalue weighted by Crippen LogP contribution is 2.42. The normalized spacial score (nSPS) is 16.7. The van der Waals surface area contributed by atoms with E-state index in [1.165, 1.54) is 0 Å². The van der Waals surface area contributed by atoms with E-state index < -0.39 is 0 Å². The van der Waals surface area contributed by atoms with Crippen LogP contribution in [-0.2, 0) is 7.05 Å². The summed E-state index contributed by atoms with van der Waals surface area (Å²) in [5.74, 6) is 1.69. The molecule has 0 amide bonds. The molecule has 0 spiro atoms. The Morgan fingerprint density at radius 3 is 2.78 bits per heavy atom. The largest absolute Gasteiger partial charge is 0.344 e. The van der Waals surface area contributed by atoms with Gasteiger partial charge in [-0.1, -0.05) is 29.3 Å². The van der Waals surface area contributed by atoms with Crippen molar-refractivity contribution in [1.29, 1.82) is 0 Å². The van der Waals surface area contributed by atoms with Gasteiger partial charge in [0.15, 0.2) is 5.65 Å². The van der Waals surface area contributed by atoms with E-state index in [-0.39, 0.29) is 6.04 Å². The van der Waals surface area contributed by atoms with E-state index in [4.69, 9.17) is 28.2 Å². The van der Waals surface area contributed by atoms with Crippen LogP contribution >= 0.6 is 34.9 Å². The van der Waals surface area contributed by atoms with Crippen LogP contribution in [0.25, 0.3) is 16.9 Å². The minimum atomic E-state index is -0.208. The number of aromatic nitrogens is 6. The van der Waals surface area contributed by atoms with Gasteiger partial charge in [0.2, 0.25) is 5.65 Å². The van der Waals surface area contributed by atoms with Gasteiger partial charge in [-0.05, 0) is 24.6 Å². The first kappa shape index (κ1) is 16.7. The number of rotatable bonds is 2. The highest BCUT2D eigenvalue weighted by molar-refractivity contribution is 7.00. The fourth-order valence-corrected chi connectivity index (χ4v) is 4.29. The highest BCUT2D eigenvalue weighted by Gasteiger charge is 2.32. The molecule has 0 saturated carbocycles. The number of fused-ring (bicyclic) bond motifs is 2. The van der Waals surface area contributed by atoms with Gasteiger partial charge in [-0.3, -0.25) is 0 Å². The zero-order valence-corrected chi connectivity index (χ0v) is 16.6. The van der Waals surface area contributed by atoms with E-state index in [0.29, 0.717) is 15.7 Å². The van der Waals surface area contributed by atoms with Gasteiger partial charge in [-0.25, -0.2) is 9.67 Å². The van der Waals surface area contributed by atoms with Crippen LogP contribution in [0.5, 0.6) is 0 Å². The maximum atomic E-state index is 6.31. The summed E-state index contributed by atoms with van der Waals surface area (Å²) in [5, 5.41) is 8.95. The molecule has 7 nitrogen and oxygen atoms in total.